The van der Waals surface area contributed by atoms with E-state index in [2.05, 4.69) is 14.9 Å². The van der Waals surface area contributed by atoms with Gasteiger partial charge in [-0.05, 0) is 12.5 Å². The van der Waals surface area contributed by atoms with Crippen LogP contribution in [0.4, 0.5) is 0 Å². The smallest absolute Gasteiger partial charge is 0.347 e. The summed E-state index contributed by atoms with van der Waals surface area (Å²) in [5.41, 5.74) is 5.74. The molecular weight excluding hydrogens is 262 g/mol. The molecule has 1 atom stereocenters. The summed E-state index contributed by atoms with van der Waals surface area (Å²) in [6, 6.07) is 9.93. The minimum absolute atomic E-state index is 0.352. The second-order valence-corrected chi connectivity index (χ2v) is 5.16. The highest BCUT2D eigenvalue weighted by atomic mass is 32.2. The van der Waals surface area contributed by atoms with Gasteiger partial charge in [-0.2, -0.15) is 4.47 Å². The molecule has 19 heavy (non-hydrogen) atoms. The van der Waals surface area contributed by atoms with Crippen LogP contribution in [0, 0.1) is 0 Å². The minimum atomic E-state index is -0.662. The second-order valence-electron chi connectivity index (χ2n) is 3.69. The zero-order valence-corrected chi connectivity index (χ0v) is 11.4. The van der Waals surface area contributed by atoms with Gasteiger partial charge in [0.25, 0.3) is 0 Å². The number of esters is 1. The summed E-state index contributed by atoms with van der Waals surface area (Å²) in [6.07, 6.45) is 1.51. The van der Waals surface area contributed by atoms with Crippen molar-refractivity contribution in [2.24, 2.45) is 9.46 Å². The van der Waals surface area contributed by atoms with Gasteiger partial charge < -0.3 is 4.74 Å². The Morgan fingerprint density at radius 2 is 2.21 bits per heavy atom. The van der Waals surface area contributed by atoms with E-state index in [1.165, 1.54) is 6.20 Å². The average Bonchev–Trinajstić information content (AvgIpc) is 2.89. The third kappa shape index (κ3) is 3.84. The SMILES string of the molecule is CCOC(=O)C1=CN=CS1=NNCc1ccccc1. The van der Waals surface area contributed by atoms with Gasteiger partial charge in [-0.3, -0.25) is 4.99 Å². The maximum atomic E-state index is 11.6. The summed E-state index contributed by atoms with van der Waals surface area (Å²) in [5.74, 6) is -0.353. The number of carbonyl (C=O) groups excluding carboxylic acids is 1. The lowest BCUT2D eigenvalue weighted by Gasteiger charge is -2.04. The van der Waals surface area contributed by atoms with Gasteiger partial charge in [0.2, 0.25) is 0 Å². The van der Waals surface area contributed by atoms with Crippen LogP contribution in [-0.4, -0.2) is 18.1 Å². The van der Waals surface area contributed by atoms with E-state index in [0.29, 0.717) is 18.1 Å². The van der Waals surface area contributed by atoms with E-state index in [4.69, 9.17) is 4.74 Å². The molecule has 5 nitrogen and oxygen atoms in total. The van der Waals surface area contributed by atoms with E-state index in [1.54, 1.807) is 12.5 Å². The van der Waals surface area contributed by atoms with E-state index in [-0.39, 0.29) is 5.97 Å². The van der Waals surface area contributed by atoms with Crippen molar-refractivity contribution in [2.75, 3.05) is 6.61 Å². The first kappa shape index (κ1) is 13.6. The van der Waals surface area contributed by atoms with Crippen molar-refractivity contribution in [2.45, 2.75) is 13.5 Å². The van der Waals surface area contributed by atoms with E-state index in [0.717, 1.165) is 5.56 Å². The summed E-state index contributed by atoms with van der Waals surface area (Å²) < 4.78 is 9.22. The third-order valence-electron chi connectivity index (χ3n) is 2.34. The van der Waals surface area contributed by atoms with Crippen LogP contribution < -0.4 is 5.43 Å². The summed E-state index contributed by atoms with van der Waals surface area (Å²) >= 11 is 0. The number of carbonyl (C=O) groups is 1. The van der Waals surface area contributed by atoms with Crippen LogP contribution in [0.2, 0.25) is 0 Å². The molecule has 0 aromatic heterocycles. The van der Waals surface area contributed by atoms with Gasteiger partial charge in [-0.15, -0.1) is 0 Å². The van der Waals surface area contributed by atoms with Gasteiger partial charge in [-0.1, -0.05) is 30.3 Å². The number of ether oxygens (including phenoxy) is 1. The van der Waals surface area contributed by atoms with Crippen LogP contribution in [0.1, 0.15) is 12.5 Å². The molecule has 100 valence electrons. The Morgan fingerprint density at radius 1 is 1.42 bits per heavy atom. The predicted molar refractivity (Wildman–Crippen MR) is 76.3 cm³/mol. The lowest BCUT2D eigenvalue weighted by Crippen LogP contribution is -2.13. The van der Waals surface area contributed by atoms with E-state index in [1.807, 2.05) is 30.3 Å². The first-order chi connectivity index (χ1) is 9.31. The summed E-state index contributed by atoms with van der Waals surface area (Å²) in [4.78, 5) is 16.1. The molecule has 1 aromatic carbocycles. The molecule has 2 rings (SSSR count). The van der Waals surface area contributed by atoms with E-state index < -0.39 is 10.7 Å². The molecule has 0 spiro atoms. The number of rotatable bonds is 5. The van der Waals surface area contributed by atoms with Crippen LogP contribution in [0.5, 0.6) is 0 Å². The van der Waals surface area contributed by atoms with Crippen LogP contribution >= 0.6 is 0 Å². The maximum absolute atomic E-state index is 11.6. The summed E-state index contributed by atoms with van der Waals surface area (Å²) in [5, 5.41) is 0. The van der Waals surface area contributed by atoms with E-state index in [9.17, 15) is 4.79 Å². The maximum Gasteiger partial charge on any atom is 0.347 e. The van der Waals surface area contributed by atoms with Gasteiger partial charge in [0.1, 0.15) is 4.91 Å². The van der Waals surface area contributed by atoms with Crippen molar-refractivity contribution in [1.82, 2.24) is 5.43 Å². The zero-order valence-electron chi connectivity index (χ0n) is 10.6. The molecule has 0 aliphatic carbocycles. The van der Waals surface area contributed by atoms with Crippen molar-refractivity contribution < 1.29 is 9.53 Å². The lowest BCUT2D eigenvalue weighted by atomic mass is 10.2. The van der Waals surface area contributed by atoms with Crippen molar-refractivity contribution in [3.05, 3.63) is 47.0 Å². The zero-order chi connectivity index (χ0) is 13.5. The molecule has 0 radical (unpaired) electrons. The summed E-state index contributed by atoms with van der Waals surface area (Å²) in [7, 11) is -0.662. The fourth-order valence-electron chi connectivity index (χ4n) is 1.47. The monoisotopic (exact) mass is 277 g/mol. The highest BCUT2D eigenvalue weighted by Gasteiger charge is 2.18. The third-order valence-corrected chi connectivity index (χ3v) is 3.71. The van der Waals surface area contributed by atoms with Crippen molar-refractivity contribution in [3.63, 3.8) is 0 Å². The van der Waals surface area contributed by atoms with Gasteiger partial charge >= 0.3 is 5.97 Å². The Morgan fingerprint density at radius 3 is 2.95 bits per heavy atom. The fourth-order valence-corrected chi connectivity index (χ4v) is 2.51. The van der Waals surface area contributed by atoms with E-state index >= 15 is 0 Å². The van der Waals surface area contributed by atoms with Gasteiger partial charge in [0.15, 0.2) is 0 Å². The molecule has 0 saturated carbocycles. The first-order valence-corrected chi connectivity index (χ1v) is 7.17. The van der Waals surface area contributed by atoms with Gasteiger partial charge in [-0.25, -0.2) is 10.2 Å². The highest BCUT2D eigenvalue weighted by molar-refractivity contribution is 8.05. The molecule has 1 aliphatic heterocycles. The molecular formula is C13H15N3O2S. The molecule has 0 bridgehead atoms. The first-order valence-electron chi connectivity index (χ1n) is 5.92. The molecule has 1 aromatic rings. The van der Waals surface area contributed by atoms with Crippen LogP contribution in [0.25, 0.3) is 0 Å². The van der Waals surface area contributed by atoms with Gasteiger partial charge in [0, 0.05) is 23.4 Å². The van der Waals surface area contributed by atoms with Crippen molar-refractivity contribution >= 4 is 22.2 Å². The Balaban J connectivity index is 1.94. The molecule has 1 unspecified atom stereocenters. The second kappa shape index (κ2) is 6.96. The molecule has 0 fully saturated rings. The normalized spacial score (nSPS) is 17.5. The Labute approximate surface area is 114 Å². The molecule has 1 heterocycles. The Bertz CT molecular complexity index is 538. The number of hydrogen-bond donors (Lipinski definition) is 1. The highest BCUT2D eigenvalue weighted by Crippen LogP contribution is 2.12. The van der Waals surface area contributed by atoms with Crippen molar-refractivity contribution in [1.29, 1.82) is 0 Å². The fraction of sp³-hybridized carbons (Fsp3) is 0.231. The molecule has 1 aliphatic rings. The minimum Gasteiger partial charge on any atom is -0.462 e. The van der Waals surface area contributed by atoms with Crippen LogP contribution in [0.3, 0.4) is 0 Å². The molecule has 1 N–H and O–H groups in total. The molecule has 0 amide bonds. The topological polar surface area (TPSA) is 63.0 Å². The number of hydrogen-bond acceptors (Lipinski definition) is 4. The Kier molecular flexibility index (Phi) is 5.00. The largest absolute Gasteiger partial charge is 0.462 e. The van der Waals surface area contributed by atoms with Crippen LogP contribution in [0.15, 0.2) is 50.9 Å². The van der Waals surface area contributed by atoms with Gasteiger partial charge in [0.05, 0.1) is 12.2 Å². The number of nitrogens with one attached hydrogen (secondary N) is 1. The molecule has 6 heteroatoms. The lowest BCUT2D eigenvalue weighted by molar-refractivity contribution is -0.137. The molecule has 0 saturated heterocycles. The summed E-state index contributed by atoms with van der Waals surface area (Å²) in [6.45, 7) is 2.75. The van der Waals surface area contributed by atoms with Crippen LogP contribution in [-0.2, 0) is 26.8 Å². The standard InChI is InChI=1S/C13H15N3O2S/c1-2-18-13(17)12-9-14-10-19(12)16-15-8-11-6-4-3-5-7-11/h3-7,9-10,15H,2,8H2,1H3. The number of nitrogens with zero attached hydrogens (tertiary/aromatic N) is 2. The average molecular weight is 277 g/mol. The predicted octanol–water partition coefficient (Wildman–Crippen LogP) is 1.94. The quantitative estimate of drug-likeness (QED) is 0.661. The Hall–Kier alpha value is -1.79. The van der Waals surface area contributed by atoms with Crippen molar-refractivity contribution in [3.8, 4) is 0 Å². The number of benzene rings is 1. The number of aliphatic imine (C=N–C) groups is 1.